The number of hydrogen-bond donors (Lipinski definition) is 0. The molecule has 0 saturated carbocycles. The van der Waals surface area contributed by atoms with E-state index in [-0.39, 0.29) is 12.5 Å². The van der Waals surface area contributed by atoms with Crippen molar-refractivity contribution in [3.05, 3.63) is 0 Å². The van der Waals surface area contributed by atoms with Crippen LogP contribution in [0.4, 0.5) is 0 Å². The molecule has 2 heterocycles. The van der Waals surface area contributed by atoms with E-state index >= 15 is 0 Å². The first-order chi connectivity index (χ1) is 5.17. The van der Waals surface area contributed by atoms with Crippen molar-refractivity contribution in [3.8, 4) is 0 Å². The van der Waals surface area contributed by atoms with Gasteiger partial charge in [0.25, 0.3) is 0 Å². The van der Waals surface area contributed by atoms with Gasteiger partial charge in [0, 0.05) is 29.5 Å². The molecule has 2 fully saturated rings. The van der Waals surface area contributed by atoms with Gasteiger partial charge in [-0.2, -0.15) is 11.8 Å². The van der Waals surface area contributed by atoms with Crippen LogP contribution in [-0.2, 0) is 9.31 Å². The highest BCUT2D eigenvalue weighted by atomic mass is 32.2. The quantitative estimate of drug-likeness (QED) is 0.437. The predicted molar refractivity (Wildman–Crippen MR) is 47.7 cm³/mol. The summed E-state index contributed by atoms with van der Waals surface area (Å²) >= 11 is 1.92. The molecule has 2 aliphatic rings. The molecule has 0 aromatic heterocycles. The van der Waals surface area contributed by atoms with Gasteiger partial charge in [-0.15, -0.1) is 0 Å². The maximum atomic E-state index is 5.57. The molecular formula is C7H13BO2S. The lowest BCUT2D eigenvalue weighted by Crippen LogP contribution is -2.43. The summed E-state index contributed by atoms with van der Waals surface area (Å²) < 4.78 is 11.1. The van der Waals surface area contributed by atoms with Crippen LogP contribution in [0.15, 0.2) is 0 Å². The molecule has 0 aliphatic carbocycles. The number of rotatable bonds is 1. The Bertz CT molecular complexity index is 149. The topological polar surface area (TPSA) is 18.5 Å². The summed E-state index contributed by atoms with van der Waals surface area (Å²) in [7, 11) is 0.0908. The zero-order chi connectivity index (χ0) is 7.90. The van der Waals surface area contributed by atoms with Gasteiger partial charge in [0.2, 0.25) is 0 Å². The molecule has 2 aliphatic heterocycles. The Balaban J connectivity index is 1.84. The van der Waals surface area contributed by atoms with Crippen LogP contribution < -0.4 is 0 Å². The Morgan fingerprint density at radius 2 is 1.91 bits per heavy atom. The molecule has 0 radical (unpaired) electrons. The first-order valence-electron chi connectivity index (χ1n) is 4.02. The van der Waals surface area contributed by atoms with Gasteiger partial charge in [-0.05, 0) is 0 Å². The lowest BCUT2D eigenvalue weighted by Gasteiger charge is -2.32. The van der Waals surface area contributed by atoms with E-state index in [4.69, 9.17) is 9.31 Å². The SMILES string of the molecule is CC1(C)COB(C2CS2)OC1. The fourth-order valence-corrected chi connectivity index (χ4v) is 1.72. The molecule has 0 N–H and O–H groups in total. The van der Waals surface area contributed by atoms with Crippen molar-refractivity contribution in [2.45, 2.75) is 19.0 Å². The van der Waals surface area contributed by atoms with E-state index in [1.165, 1.54) is 5.75 Å². The van der Waals surface area contributed by atoms with Gasteiger partial charge >= 0.3 is 7.12 Å². The monoisotopic (exact) mass is 172 g/mol. The minimum Gasteiger partial charge on any atom is -0.410 e. The van der Waals surface area contributed by atoms with E-state index in [1.807, 2.05) is 11.8 Å². The lowest BCUT2D eigenvalue weighted by molar-refractivity contribution is 0.0288. The Morgan fingerprint density at radius 1 is 1.36 bits per heavy atom. The van der Waals surface area contributed by atoms with E-state index in [9.17, 15) is 0 Å². The molecule has 11 heavy (non-hydrogen) atoms. The molecule has 0 bridgehead atoms. The van der Waals surface area contributed by atoms with Crippen molar-refractivity contribution in [1.82, 2.24) is 0 Å². The molecular weight excluding hydrogens is 159 g/mol. The number of hydrogen-bond acceptors (Lipinski definition) is 3. The smallest absolute Gasteiger partial charge is 0.410 e. The molecule has 0 aromatic carbocycles. The Kier molecular flexibility index (Phi) is 1.94. The molecule has 2 rings (SSSR count). The van der Waals surface area contributed by atoms with Gasteiger partial charge in [-0.1, -0.05) is 13.8 Å². The summed E-state index contributed by atoms with van der Waals surface area (Å²) in [6.45, 7) is 6.02. The van der Waals surface area contributed by atoms with Crippen molar-refractivity contribution >= 4 is 18.9 Å². The molecule has 0 spiro atoms. The van der Waals surface area contributed by atoms with Crippen LogP contribution in [0, 0.1) is 5.41 Å². The Hall–Kier alpha value is 0.335. The van der Waals surface area contributed by atoms with Gasteiger partial charge in [-0.25, -0.2) is 0 Å². The van der Waals surface area contributed by atoms with Gasteiger partial charge in [0.15, 0.2) is 0 Å². The summed E-state index contributed by atoms with van der Waals surface area (Å²) in [5.41, 5.74) is 0.218. The maximum absolute atomic E-state index is 5.57. The summed E-state index contributed by atoms with van der Waals surface area (Å²) in [6.07, 6.45) is 0. The minimum absolute atomic E-state index is 0.0908. The zero-order valence-electron chi connectivity index (χ0n) is 7.00. The van der Waals surface area contributed by atoms with Crippen LogP contribution in [0.2, 0.25) is 0 Å². The average molecular weight is 172 g/mol. The predicted octanol–water partition coefficient (Wildman–Crippen LogP) is 1.20. The van der Waals surface area contributed by atoms with Crippen molar-refractivity contribution in [2.24, 2.45) is 5.41 Å². The van der Waals surface area contributed by atoms with Gasteiger partial charge in [-0.3, -0.25) is 0 Å². The average Bonchev–Trinajstić information content (AvgIpc) is 2.70. The molecule has 1 unspecified atom stereocenters. The molecule has 4 heteroatoms. The van der Waals surface area contributed by atoms with E-state index in [0.29, 0.717) is 5.15 Å². The minimum atomic E-state index is 0.0908. The summed E-state index contributed by atoms with van der Waals surface area (Å²) in [5, 5.41) is 0.631. The van der Waals surface area contributed by atoms with Crippen LogP contribution >= 0.6 is 11.8 Å². The second kappa shape index (κ2) is 2.68. The van der Waals surface area contributed by atoms with E-state index < -0.39 is 0 Å². The second-order valence-corrected chi connectivity index (χ2v) is 5.30. The highest BCUT2D eigenvalue weighted by Crippen LogP contribution is 2.36. The highest BCUT2D eigenvalue weighted by molar-refractivity contribution is 8.08. The first-order valence-corrected chi connectivity index (χ1v) is 5.07. The van der Waals surface area contributed by atoms with Crippen molar-refractivity contribution in [3.63, 3.8) is 0 Å². The van der Waals surface area contributed by atoms with Crippen LogP contribution in [0.25, 0.3) is 0 Å². The molecule has 62 valence electrons. The van der Waals surface area contributed by atoms with Gasteiger partial charge in [0.05, 0.1) is 0 Å². The normalized spacial score (nSPS) is 35.5. The molecule has 0 aromatic rings. The molecule has 2 nitrogen and oxygen atoms in total. The molecule has 2 saturated heterocycles. The van der Waals surface area contributed by atoms with Crippen LogP contribution in [0.5, 0.6) is 0 Å². The second-order valence-electron chi connectivity index (χ2n) is 4.03. The van der Waals surface area contributed by atoms with E-state index in [2.05, 4.69) is 13.8 Å². The van der Waals surface area contributed by atoms with Gasteiger partial charge in [0.1, 0.15) is 0 Å². The van der Waals surface area contributed by atoms with Crippen molar-refractivity contribution in [2.75, 3.05) is 19.0 Å². The Morgan fingerprint density at radius 3 is 2.36 bits per heavy atom. The lowest BCUT2D eigenvalue weighted by atomic mass is 9.81. The maximum Gasteiger partial charge on any atom is 0.471 e. The first kappa shape index (κ1) is 7.96. The third-order valence-corrected chi connectivity index (χ3v) is 2.88. The molecule has 1 atom stereocenters. The zero-order valence-corrected chi connectivity index (χ0v) is 7.82. The van der Waals surface area contributed by atoms with E-state index in [1.54, 1.807) is 0 Å². The van der Waals surface area contributed by atoms with Crippen LogP contribution in [-0.4, -0.2) is 31.2 Å². The third kappa shape index (κ3) is 1.92. The fraction of sp³-hybridized carbons (Fsp3) is 1.00. The van der Waals surface area contributed by atoms with Crippen LogP contribution in [0.3, 0.4) is 0 Å². The van der Waals surface area contributed by atoms with Gasteiger partial charge < -0.3 is 9.31 Å². The molecule has 0 amide bonds. The van der Waals surface area contributed by atoms with Crippen molar-refractivity contribution < 1.29 is 9.31 Å². The Labute approximate surface area is 72.2 Å². The summed E-state index contributed by atoms with van der Waals surface area (Å²) in [4.78, 5) is 0. The van der Waals surface area contributed by atoms with Crippen molar-refractivity contribution in [1.29, 1.82) is 0 Å². The largest absolute Gasteiger partial charge is 0.471 e. The number of thioether (sulfide) groups is 1. The van der Waals surface area contributed by atoms with Crippen LogP contribution in [0.1, 0.15) is 13.8 Å². The van der Waals surface area contributed by atoms with E-state index in [0.717, 1.165) is 13.2 Å². The summed E-state index contributed by atoms with van der Waals surface area (Å²) in [6, 6.07) is 0. The highest BCUT2D eigenvalue weighted by Gasteiger charge is 2.44. The standard InChI is InChI=1S/C7H13BO2S/c1-7(2)4-9-8(10-5-7)6-3-11-6/h6H,3-5H2,1-2H3. The fourth-order valence-electron chi connectivity index (χ4n) is 1.13. The third-order valence-electron chi connectivity index (χ3n) is 1.94. The summed E-state index contributed by atoms with van der Waals surface area (Å²) in [5.74, 6) is 1.21.